The first-order valence-corrected chi connectivity index (χ1v) is 2.45. The largest absolute Gasteiger partial charge is 0.303 e. The molecule has 0 saturated heterocycles. The second-order valence-corrected chi connectivity index (χ2v) is 1.38. The minimum atomic E-state index is 0. The predicted molar refractivity (Wildman–Crippen MR) is 36.0 cm³/mol. The molecule has 42 valence electrons. The summed E-state index contributed by atoms with van der Waals surface area (Å²) in [6, 6.07) is 0. The van der Waals surface area contributed by atoms with Crippen LogP contribution in [-0.4, -0.2) is 29.5 Å². The van der Waals surface area contributed by atoms with Crippen molar-refractivity contribution in [2.75, 3.05) is 5.88 Å². The van der Waals surface area contributed by atoms with Gasteiger partial charge < -0.3 is 4.79 Å². The molecule has 0 saturated carbocycles. The van der Waals surface area contributed by atoms with Gasteiger partial charge in [-0.2, -0.15) is 0 Å². The third-order valence-corrected chi connectivity index (χ3v) is 0.723. The molecular formula is C4H10AlClO. The fraction of sp³-hybridized carbons (Fsp3) is 0.750. The Morgan fingerprint density at radius 3 is 2.29 bits per heavy atom. The summed E-state index contributed by atoms with van der Waals surface area (Å²) in [5.41, 5.74) is 0. The van der Waals surface area contributed by atoms with Crippen molar-refractivity contribution in [1.82, 2.24) is 0 Å². The highest BCUT2D eigenvalue weighted by Gasteiger charge is 1.76. The first-order chi connectivity index (χ1) is 2.91. The van der Waals surface area contributed by atoms with Gasteiger partial charge in [0, 0.05) is 12.3 Å². The topological polar surface area (TPSA) is 17.1 Å². The molecule has 0 rings (SSSR count). The molecule has 0 unspecified atom stereocenters. The zero-order valence-corrected chi connectivity index (χ0v) is 4.24. The molecule has 0 aliphatic carbocycles. The maximum Gasteiger partial charge on any atom is 0.187 e. The molecule has 1 nitrogen and oxygen atoms in total. The van der Waals surface area contributed by atoms with Crippen LogP contribution in [0.4, 0.5) is 0 Å². The van der Waals surface area contributed by atoms with Crippen LogP contribution in [0.1, 0.15) is 12.8 Å². The van der Waals surface area contributed by atoms with Crippen molar-refractivity contribution in [3.63, 3.8) is 0 Å². The summed E-state index contributed by atoms with van der Waals surface area (Å²) in [4.78, 5) is 9.51. The smallest absolute Gasteiger partial charge is 0.187 e. The Kier molecular flexibility index (Phi) is 14.5. The third kappa shape index (κ3) is 10.7. The molecule has 0 bridgehead atoms. The number of unbranched alkanes of at least 4 members (excludes halogenated alkanes) is 1. The minimum Gasteiger partial charge on any atom is -0.303 e. The predicted octanol–water partition coefficient (Wildman–Crippen LogP) is 0.0204. The van der Waals surface area contributed by atoms with Crippen LogP contribution in [0, 0.1) is 0 Å². The Bertz CT molecular complexity index is 40.7. The fourth-order valence-electron chi connectivity index (χ4n) is 0.160. The van der Waals surface area contributed by atoms with Crippen LogP contribution in [0.3, 0.4) is 0 Å². The van der Waals surface area contributed by atoms with E-state index in [1.807, 2.05) is 0 Å². The van der Waals surface area contributed by atoms with Crippen LogP contribution < -0.4 is 0 Å². The van der Waals surface area contributed by atoms with Gasteiger partial charge in [0.2, 0.25) is 0 Å². The highest BCUT2D eigenvalue weighted by atomic mass is 35.5. The van der Waals surface area contributed by atoms with Crippen LogP contribution >= 0.6 is 11.6 Å². The van der Waals surface area contributed by atoms with Crippen LogP contribution in [0.15, 0.2) is 0 Å². The summed E-state index contributed by atoms with van der Waals surface area (Å²) >= 11 is 5.22. The minimum absolute atomic E-state index is 0. The molecule has 0 aromatic carbocycles. The van der Waals surface area contributed by atoms with Gasteiger partial charge in [-0.1, -0.05) is 0 Å². The Morgan fingerprint density at radius 2 is 2.14 bits per heavy atom. The lowest BCUT2D eigenvalue weighted by atomic mass is 10.4. The molecule has 0 fully saturated rings. The number of halogens is 1. The lowest BCUT2D eigenvalue weighted by molar-refractivity contribution is -0.107. The number of hydrogen-bond donors (Lipinski definition) is 0. The van der Waals surface area contributed by atoms with E-state index in [-0.39, 0.29) is 17.4 Å². The monoisotopic (exact) mass is 136 g/mol. The molecule has 7 heavy (non-hydrogen) atoms. The quantitative estimate of drug-likeness (QED) is 0.231. The van der Waals surface area contributed by atoms with Gasteiger partial charge >= 0.3 is 0 Å². The molecule has 0 heterocycles. The Morgan fingerprint density at radius 1 is 1.57 bits per heavy atom. The fourth-order valence-corrected chi connectivity index (χ4v) is 0.315. The molecule has 0 N–H and O–H groups in total. The molecule has 0 aromatic heterocycles. The Hall–Kier alpha value is 0.492. The van der Waals surface area contributed by atoms with E-state index >= 15 is 0 Å². The van der Waals surface area contributed by atoms with E-state index in [0.717, 1.165) is 12.7 Å². The molecule has 0 aliphatic heterocycles. The number of carbonyl (C=O) groups is 1. The molecule has 0 spiro atoms. The van der Waals surface area contributed by atoms with E-state index in [1.165, 1.54) is 0 Å². The number of carbonyl (C=O) groups excluding carboxylic acids is 1. The zero-order chi connectivity index (χ0) is 4.83. The van der Waals surface area contributed by atoms with Crippen molar-refractivity contribution in [1.29, 1.82) is 0 Å². The van der Waals surface area contributed by atoms with Crippen LogP contribution in [0.5, 0.6) is 0 Å². The first kappa shape index (κ1) is 10.5. The van der Waals surface area contributed by atoms with E-state index < -0.39 is 0 Å². The molecular weight excluding hydrogens is 126 g/mol. The lowest BCUT2D eigenvalue weighted by Gasteiger charge is -1.77. The van der Waals surface area contributed by atoms with Gasteiger partial charge in [0.05, 0.1) is 0 Å². The summed E-state index contributed by atoms with van der Waals surface area (Å²) < 4.78 is 0. The summed E-state index contributed by atoms with van der Waals surface area (Å²) in [7, 11) is 0. The van der Waals surface area contributed by atoms with E-state index in [0.29, 0.717) is 12.3 Å². The molecule has 3 heteroatoms. The highest BCUT2D eigenvalue weighted by molar-refractivity contribution is 6.17. The average molecular weight is 137 g/mol. The molecule has 0 aliphatic rings. The first-order valence-electron chi connectivity index (χ1n) is 1.91. The van der Waals surface area contributed by atoms with Gasteiger partial charge in [0.15, 0.2) is 17.4 Å². The summed E-state index contributed by atoms with van der Waals surface area (Å²) in [5, 5.41) is 0. The zero-order valence-electron chi connectivity index (χ0n) is 3.48. The molecule has 0 amide bonds. The van der Waals surface area contributed by atoms with Crippen molar-refractivity contribution in [3.8, 4) is 0 Å². The standard InChI is InChI=1S/C4H7ClO.Al.3H/c5-3-1-2-4-6;;;;/h4H,1-3H2;;;;. The average Bonchev–Trinajstić information content (AvgIpc) is 1.61. The highest BCUT2D eigenvalue weighted by Crippen LogP contribution is 1.85. The van der Waals surface area contributed by atoms with E-state index in [2.05, 4.69) is 0 Å². The molecule has 0 atom stereocenters. The van der Waals surface area contributed by atoms with Crippen LogP contribution in [0.2, 0.25) is 0 Å². The summed E-state index contributed by atoms with van der Waals surface area (Å²) in [5.74, 6) is 0.596. The van der Waals surface area contributed by atoms with Crippen molar-refractivity contribution in [2.45, 2.75) is 12.8 Å². The van der Waals surface area contributed by atoms with Crippen molar-refractivity contribution in [2.24, 2.45) is 0 Å². The number of rotatable bonds is 3. The molecule has 0 radical (unpaired) electrons. The second-order valence-electron chi connectivity index (χ2n) is 0.998. The Balaban J connectivity index is 0. The van der Waals surface area contributed by atoms with Gasteiger partial charge in [-0.3, -0.25) is 0 Å². The summed E-state index contributed by atoms with van der Waals surface area (Å²) in [6.07, 6.45) is 2.29. The third-order valence-electron chi connectivity index (χ3n) is 0.456. The van der Waals surface area contributed by atoms with E-state index in [4.69, 9.17) is 11.6 Å². The van der Waals surface area contributed by atoms with Gasteiger partial charge in [-0.25, -0.2) is 0 Å². The number of aldehydes is 1. The summed E-state index contributed by atoms with van der Waals surface area (Å²) in [6.45, 7) is 0. The second kappa shape index (κ2) is 9.70. The van der Waals surface area contributed by atoms with Gasteiger partial charge in [0.25, 0.3) is 0 Å². The van der Waals surface area contributed by atoms with Gasteiger partial charge in [-0.15, -0.1) is 11.6 Å². The maximum atomic E-state index is 9.51. The van der Waals surface area contributed by atoms with Crippen molar-refractivity contribution in [3.05, 3.63) is 0 Å². The van der Waals surface area contributed by atoms with Gasteiger partial charge in [0.1, 0.15) is 6.29 Å². The normalized spacial score (nSPS) is 7.00. The van der Waals surface area contributed by atoms with E-state index in [1.54, 1.807) is 0 Å². The number of alkyl halides is 1. The van der Waals surface area contributed by atoms with Crippen LogP contribution in [0.25, 0.3) is 0 Å². The molecule has 0 aromatic rings. The van der Waals surface area contributed by atoms with E-state index in [9.17, 15) is 4.79 Å². The van der Waals surface area contributed by atoms with Crippen molar-refractivity contribution < 1.29 is 4.79 Å². The van der Waals surface area contributed by atoms with Crippen LogP contribution in [-0.2, 0) is 4.79 Å². The number of hydrogen-bond acceptors (Lipinski definition) is 1. The maximum absolute atomic E-state index is 9.51. The van der Waals surface area contributed by atoms with Gasteiger partial charge in [-0.05, 0) is 6.42 Å². The van der Waals surface area contributed by atoms with Crippen molar-refractivity contribution >= 4 is 35.2 Å². The SMILES string of the molecule is O=CCCCCl.[AlH3]. The lowest BCUT2D eigenvalue weighted by Crippen LogP contribution is -1.74. The Labute approximate surface area is 59.2 Å².